The van der Waals surface area contributed by atoms with Crippen LogP contribution in [0.15, 0.2) is 60.7 Å². The minimum Gasteiger partial charge on any atom is -0.456 e. The van der Waals surface area contributed by atoms with Crippen LogP contribution in [0.2, 0.25) is 0 Å². The standard InChI is InChI=1S/C20H21NO4/c1-14(2)18(21-19(23)16-11-7-4-8-12-16)20(24)25-13-17(22)15-9-5-3-6-10-15/h3-12,14,18H,13H2,1-2H3,(H,21,23)/t18-/m1/s1. The van der Waals surface area contributed by atoms with E-state index in [2.05, 4.69) is 5.32 Å². The summed E-state index contributed by atoms with van der Waals surface area (Å²) in [4.78, 5) is 36.6. The first-order chi connectivity index (χ1) is 12.0. The molecule has 130 valence electrons. The molecule has 2 rings (SSSR count). The molecule has 0 aliphatic carbocycles. The average Bonchev–Trinajstić information content (AvgIpc) is 2.64. The molecule has 0 bridgehead atoms. The largest absolute Gasteiger partial charge is 0.456 e. The number of carbonyl (C=O) groups excluding carboxylic acids is 3. The van der Waals surface area contributed by atoms with Gasteiger partial charge in [0.15, 0.2) is 12.4 Å². The van der Waals surface area contributed by atoms with Gasteiger partial charge in [0.2, 0.25) is 0 Å². The summed E-state index contributed by atoms with van der Waals surface area (Å²) in [5, 5.41) is 2.67. The van der Waals surface area contributed by atoms with Crippen LogP contribution in [-0.2, 0) is 9.53 Å². The summed E-state index contributed by atoms with van der Waals surface area (Å²) >= 11 is 0. The highest BCUT2D eigenvalue weighted by molar-refractivity contribution is 5.99. The van der Waals surface area contributed by atoms with Gasteiger partial charge in [-0.1, -0.05) is 62.4 Å². The van der Waals surface area contributed by atoms with Crippen LogP contribution in [0.25, 0.3) is 0 Å². The highest BCUT2D eigenvalue weighted by atomic mass is 16.5. The molecule has 0 aromatic heterocycles. The predicted octanol–water partition coefficient (Wildman–Crippen LogP) is 2.87. The van der Waals surface area contributed by atoms with Crippen LogP contribution in [0.5, 0.6) is 0 Å². The molecular weight excluding hydrogens is 318 g/mol. The van der Waals surface area contributed by atoms with E-state index >= 15 is 0 Å². The van der Waals surface area contributed by atoms with Crippen molar-refractivity contribution in [3.05, 3.63) is 71.8 Å². The molecule has 1 N–H and O–H groups in total. The van der Waals surface area contributed by atoms with E-state index in [1.807, 2.05) is 0 Å². The molecule has 0 unspecified atom stereocenters. The summed E-state index contributed by atoms with van der Waals surface area (Å²) in [6, 6.07) is 16.4. The van der Waals surface area contributed by atoms with Gasteiger partial charge >= 0.3 is 5.97 Å². The first-order valence-electron chi connectivity index (χ1n) is 8.10. The Balaban J connectivity index is 1.96. The molecule has 2 aromatic carbocycles. The number of Topliss-reactive ketones (excluding diaryl/α,β-unsaturated/α-hetero) is 1. The van der Waals surface area contributed by atoms with Gasteiger partial charge in [-0.25, -0.2) is 4.79 Å². The predicted molar refractivity (Wildman–Crippen MR) is 94.3 cm³/mol. The van der Waals surface area contributed by atoms with E-state index in [-0.39, 0.29) is 24.2 Å². The highest BCUT2D eigenvalue weighted by Gasteiger charge is 2.26. The third-order valence-corrected chi connectivity index (χ3v) is 3.68. The minimum atomic E-state index is -0.823. The lowest BCUT2D eigenvalue weighted by Crippen LogP contribution is -2.45. The molecule has 0 saturated carbocycles. The lowest BCUT2D eigenvalue weighted by Gasteiger charge is -2.20. The van der Waals surface area contributed by atoms with E-state index in [1.165, 1.54) is 0 Å². The number of carbonyl (C=O) groups is 3. The Kier molecular flexibility index (Phi) is 6.46. The Bertz CT molecular complexity index is 726. The molecule has 5 heteroatoms. The lowest BCUT2D eigenvalue weighted by molar-refractivity contribution is -0.145. The molecule has 0 spiro atoms. The zero-order valence-corrected chi connectivity index (χ0v) is 14.3. The molecule has 1 atom stereocenters. The van der Waals surface area contributed by atoms with Crippen molar-refractivity contribution in [2.75, 3.05) is 6.61 Å². The Morgan fingerprint density at radius 3 is 1.92 bits per heavy atom. The number of ether oxygens (including phenoxy) is 1. The number of rotatable bonds is 7. The van der Waals surface area contributed by atoms with Crippen LogP contribution in [0.3, 0.4) is 0 Å². The maximum Gasteiger partial charge on any atom is 0.329 e. The van der Waals surface area contributed by atoms with Crippen molar-refractivity contribution in [2.45, 2.75) is 19.9 Å². The Hall–Kier alpha value is -2.95. The van der Waals surface area contributed by atoms with Crippen molar-refractivity contribution in [3.63, 3.8) is 0 Å². The van der Waals surface area contributed by atoms with E-state index in [0.717, 1.165) is 0 Å². The van der Waals surface area contributed by atoms with E-state index in [9.17, 15) is 14.4 Å². The second kappa shape index (κ2) is 8.78. The van der Waals surface area contributed by atoms with Gasteiger partial charge in [0, 0.05) is 11.1 Å². The Morgan fingerprint density at radius 1 is 0.880 bits per heavy atom. The maximum atomic E-state index is 12.3. The fourth-order valence-corrected chi connectivity index (χ4v) is 2.25. The number of nitrogens with one attached hydrogen (secondary N) is 1. The van der Waals surface area contributed by atoms with Crippen LogP contribution in [-0.4, -0.2) is 30.3 Å². The summed E-state index contributed by atoms with van der Waals surface area (Å²) in [7, 11) is 0. The molecule has 0 radical (unpaired) electrons. The van der Waals surface area contributed by atoms with Crippen molar-refractivity contribution < 1.29 is 19.1 Å². The van der Waals surface area contributed by atoms with Crippen LogP contribution in [0.4, 0.5) is 0 Å². The number of esters is 1. The Morgan fingerprint density at radius 2 is 1.40 bits per heavy atom. The molecule has 5 nitrogen and oxygen atoms in total. The zero-order chi connectivity index (χ0) is 18.2. The molecular formula is C20H21NO4. The van der Waals surface area contributed by atoms with E-state index in [4.69, 9.17) is 4.74 Å². The molecule has 25 heavy (non-hydrogen) atoms. The van der Waals surface area contributed by atoms with Crippen molar-refractivity contribution in [3.8, 4) is 0 Å². The van der Waals surface area contributed by atoms with Crippen LogP contribution < -0.4 is 5.32 Å². The van der Waals surface area contributed by atoms with Crippen LogP contribution in [0.1, 0.15) is 34.6 Å². The number of amides is 1. The van der Waals surface area contributed by atoms with Gasteiger partial charge in [-0.2, -0.15) is 0 Å². The fraction of sp³-hybridized carbons (Fsp3) is 0.250. The summed E-state index contributed by atoms with van der Waals surface area (Å²) in [6.45, 7) is 3.25. The number of ketones is 1. The highest BCUT2D eigenvalue weighted by Crippen LogP contribution is 2.08. The quantitative estimate of drug-likeness (QED) is 0.622. The molecule has 0 fully saturated rings. The first-order valence-corrected chi connectivity index (χ1v) is 8.10. The number of hydrogen-bond acceptors (Lipinski definition) is 4. The lowest BCUT2D eigenvalue weighted by atomic mass is 10.0. The molecule has 0 aliphatic rings. The summed E-state index contributed by atoms with van der Waals surface area (Å²) < 4.78 is 5.12. The SMILES string of the molecule is CC(C)[C@@H](NC(=O)c1ccccc1)C(=O)OCC(=O)c1ccccc1. The van der Waals surface area contributed by atoms with Crippen molar-refractivity contribution in [2.24, 2.45) is 5.92 Å². The van der Waals surface area contributed by atoms with Gasteiger partial charge in [-0.05, 0) is 18.1 Å². The second-order valence-corrected chi connectivity index (χ2v) is 5.96. The van der Waals surface area contributed by atoms with Gasteiger partial charge in [-0.3, -0.25) is 9.59 Å². The smallest absolute Gasteiger partial charge is 0.329 e. The van der Waals surface area contributed by atoms with E-state index < -0.39 is 12.0 Å². The summed E-state index contributed by atoms with van der Waals surface area (Å²) in [5.74, 6) is -1.44. The van der Waals surface area contributed by atoms with Gasteiger partial charge in [0.05, 0.1) is 0 Å². The second-order valence-electron chi connectivity index (χ2n) is 5.96. The summed E-state index contributed by atoms with van der Waals surface area (Å²) in [5.41, 5.74) is 0.936. The van der Waals surface area contributed by atoms with Gasteiger partial charge in [-0.15, -0.1) is 0 Å². The van der Waals surface area contributed by atoms with Gasteiger partial charge in [0.25, 0.3) is 5.91 Å². The van der Waals surface area contributed by atoms with Crippen molar-refractivity contribution in [1.82, 2.24) is 5.32 Å². The Labute approximate surface area is 147 Å². The zero-order valence-electron chi connectivity index (χ0n) is 14.3. The third kappa shape index (κ3) is 5.28. The monoisotopic (exact) mass is 339 g/mol. The minimum absolute atomic E-state index is 0.174. The molecule has 2 aromatic rings. The van der Waals surface area contributed by atoms with Gasteiger partial charge < -0.3 is 10.1 Å². The van der Waals surface area contributed by atoms with E-state index in [0.29, 0.717) is 11.1 Å². The van der Waals surface area contributed by atoms with Crippen LogP contribution in [0, 0.1) is 5.92 Å². The maximum absolute atomic E-state index is 12.3. The summed E-state index contributed by atoms with van der Waals surface area (Å²) in [6.07, 6.45) is 0. The van der Waals surface area contributed by atoms with Crippen LogP contribution >= 0.6 is 0 Å². The number of hydrogen-bond donors (Lipinski definition) is 1. The number of benzene rings is 2. The van der Waals surface area contributed by atoms with Gasteiger partial charge in [0.1, 0.15) is 6.04 Å². The molecule has 0 aliphatic heterocycles. The first kappa shape index (κ1) is 18.4. The van der Waals surface area contributed by atoms with Crippen molar-refractivity contribution >= 4 is 17.7 Å². The molecule has 1 amide bonds. The fourth-order valence-electron chi connectivity index (χ4n) is 2.25. The third-order valence-electron chi connectivity index (χ3n) is 3.68. The topological polar surface area (TPSA) is 72.5 Å². The molecule has 0 saturated heterocycles. The van der Waals surface area contributed by atoms with Crippen molar-refractivity contribution in [1.29, 1.82) is 0 Å². The average molecular weight is 339 g/mol. The van der Waals surface area contributed by atoms with E-state index in [1.54, 1.807) is 74.5 Å². The normalized spacial score (nSPS) is 11.6. The molecule has 0 heterocycles.